The van der Waals surface area contributed by atoms with Crippen molar-refractivity contribution in [3.63, 3.8) is 0 Å². The fourth-order valence-corrected chi connectivity index (χ4v) is 3.43. The monoisotopic (exact) mass is 429 g/mol. The molecule has 0 saturated carbocycles. The molecule has 0 radical (unpaired) electrons. The van der Waals surface area contributed by atoms with Gasteiger partial charge >= 0.3 is 5.69 Å². The standard InChI is InChI=1S/C21H27N5O5/c1-14-17(20(29)24-21(30)22-14)7-8-19(28)25(2)13-18(27)23-15-3-5-16(6-4-15)26-9-11-31-12-10-26/h3-6H,7-13H2,1-2H3,(H,23,27)(H2,22,24,29,30). The van der Waals surface area contributed by atoms with E-state index in [1.807, 2.05) is 24.3 Å². The van der Waals surface area contributed by atoms with Crippen LogP contribution in [-0.4, -0.2) is 66.6 Å². The molecule has 3 N–H and O–H groups in total. The van der Waals surface area contributed by atoms with Gasteiger partial charge in [0, 0.05) is 49.2 Å². The van der Waals surface area contributed by atoms with Gasteiger partial charge in [-0.05, 0) is 37.6 Å². The van der Waals surface area contributed by atoms with E-state index >= 15 is 0 Å². The molecule has 2 heterocycles. The summed E-state index contributed by atoms with van der Waals surface area (Å²) in [6.07, 6.45) is 0.222. The number of anilines is 2. The fourth-order valence-electron chi connectivity index (χ4n) is 3.43. The largest absolute Gasteiger partial charge is 0.378 e. The smallest absolute Gasteiger partial charge is 0.325 e. The van der Waals surface area contributed by atoms with Crippen LogP contribution in [0.3, 0.4) is 0 Å². The van der Waals surface area contributed by atoms with Gasteiger partial charge < -0.3 is 24.8 Å². The van der Waals surface area contributed by atoms with Gasteiger partial charge in [0.2, 0.25) is 11.8 Å². The van der Waals surface area contributed by atoms with E-state index in [1.54, 1.807) is 6.92 Å². The molecule has 0 unspecified atom stereocenters. The van der Waals surface area contributed by atoms with E-state index in [9.17, 15) is 19.2 Å². The molecule has 10 heteroatoms. The summed E-state index contributed by atoms with van der Waals surface area (Å²) in [4.78, 5) is 56.0. The van der Waals surface area contributed by atoms with E-state index in [0.717, 1.165) is 18.8 Å². The molecule has 0 spiro atoms. The quantitative estimate of drug-likeness (QED) is 0.579. The molecule has 3 rings (SSSR count). The first-order chi connectivity index (χ1) is 14.8. The van der Waals surface area contributed by atoms with E-state index in [4.69, 9.17) is 4.74 Å². The second kappa shape index (κ2) is 10.1. The summed E-state index contributed by atoms with van der Waals surface area (Å²) in [6, 6.07) is 7.55. The molecule has 0 bridgehead atoms. The Kier molecular flexibility index (Phi) is 7.24. The van der Waals surface area contributed by atoms with Crippen molar-refractivity contribution in [3.8, 4) is 0 Å². The maximum absolute atomic E-state index is 12.4. The number of morpholine rings is 1. The molecule has 10 nitrogen and oxygen atoms in total. The van der Waals surface area contributed by atoms with E-state index in [2.05, 4.69) is 20.2 Å². The third kappa shape index (κ3) is 6.05. The maximum atomic E-state index is 12.4. The summed E-state index contributed by atoms with van der Waals surface area (Å²) in [5.74, 6) is -0.587. The van der Waals surface area contributed by atoms with Crippen molar-refractivity contribution in [1.29, 1.82) is 0 Å². The number of ether oxygens (including phenoxy) is 1. The zero-order chi connectivity index (χ0) is 22.4. The Labute approximate surface area is 179 Å². The highest BCUT2D eigenvalue weighted by molar-refractivity contribution is 5.94. The molecule has 0 aliphatic carbocycles. The van der Waals surface area contributed by atoms with Crippen LogP contribution in [0.15, 0.2) is 33.9 Å². The van der Waals surface area contributed by atoms with Crippen LogP contribution >= 0.6 is 0 Å². The fraction of sp³-hybridized carbons (Fsp3) is 0.429. The van der Waals surface area contributed by atoms with Crippen LogP contribution in [-0.2, 0) is 20.7 Å². The van der Waals surface area contributed by atoms with Crippen LogP contribution in [0.2, 0.25) is 0 Å². The van der Waals surface area contributed by atoms with Crippen LogP contribution in [0, 0.1) is 6.92 Å². The molecular formula is C21H27N5O5. The van der Waals surface area contributed by atoms with Crippen molar-refractivity contribution in [2.45, 2.75) is 19.8 Å². The number of benzene rings is 1. The number of aryl methyl sites for hydroxylation is 1. The lowest BCUT2D eigenvalue weighted by Crippen LogP contribution is -2.36. The molecular weight excluding hydrogens is 402 g/mol. The van der Waals surface area contributed by atoms with Gasteiger partial charge in [-0.25, -0.2) is 4.79 Å². The van der Waals surface area contributed by atoms with Crippen molar-refractivity contribution in [2.24, 2.45) is 0 Å². The Hall–Kier alpha value is -3.40. The third-order valence-electron chi connectivity index (χ3n) is 5.18. The van der Waals surface area contributed by atoms with Crippen LogP contribution in [0.4, 0.5) is 11.4 Å². The minimum absolute atomic E-state index is 0.0496. The minimum Gasteiger partial charge on any atom is -0.378 e. The SMILES string of the molecule is Cc1[nH]c(=O)[nH]c(=O)c1CCC(=O)N(C)CC(=O)Nc1ccc(N2CCOCC2)cc1. The summed E-state index contributed by atoms with van der Waals surface area (Å²) in [6.45, 7) is 4.58. The number of hydrogen-bond donors (Lipinski definition) is 3. The number of rotatable bonds is 7. The summed E-state index contributed by atoms with van der Waals surface area (Å²) < 4.78 is 5.35. The number of amides is 2. The van der Waals surface area contributed by atoms with Crippen molar-refractivity contribution in [1.82, 2.24) is 14.9 Å². The van der Waals surface area contributed by atoms with Gasteiger partial charge in [0.1, 0.15) is 0 Å². The lowest BCUT2D eigenvalue weighted by atomic mass is 10.1. The van der Waals surface area contributed by atoms with Crippen LogP contribution < -0.4 is 21.5 Å². The average molecular weight is 429 g/mol. The summed E-state index contributed by atoms with van der Waals surface area (Å²) in [5, 5.41) is 2.79. The molecule has 1 saturated heterocycles. The summed E-state index contributed by atoms with van der Waals surface area (Å²) in [7, 11) is 1.54. The average Bonchev–Trinajstić information content (AvgIpc) is 2.74. The van der Waals surface area contributed by atoms with E-state index in [-0.39, 0.29) is 31.2 Å². The van der Waals surface area contributed by atoms with Crippen LogP contribution in [0.1, 0.15) is 17.7 Å². The number of likely N-dealkylation sites (N-methyl/N-ethyl adjacent to an activating group) is 1. The van der Waals surface area contributed by atoms with Gasteiger partial charge in [-0.2, -0.15) is 0 Å². The molecule has 166 valence electrons. The lowest BCUT2D eigenvalue weighted by molar-refractivity contribution is -0.133. The predicted octanol–water partition coefficient (Wildman–Crippen LogP) is 0.238. The van der Waals surface area contributed by atoms with Crippen molar-refractivity contribution < 1.29 is 14.3 Å². The second-order valence-electron chi connectivity index (χ2n) is 7.46. The Balaban J connectivity index is 1.49. The summed E-state index contributed by atoms with van der Waals surface area (Å²) in [5.41, 5.74) is 1.42. The highest BCUT2D eigenvalue weighted by Crippen LogP contribution is 2.19. The number of carbonyl (C=O) groups excluding carboxylic acids is 2. The number of carbonyl (C=O) groups is 2. The van der Waals surface area contributed by atoms with Gasteiger partial charge in [-0.3, -0.25) is 19.4 Å². The number of aromatic nitrogens is 2. The zero-order valence-electron chi connectivity index (χ0n) is 17.7. The Morgan fingerprint density at radius 3 is 2.45 bits per heavy atom. The number of nitrogens with one attached hydrogen (secondary N) is 3. The summed E-state index contributed by atoms with van der Waals surface area (Å²) >= 11 is 0. The molecule has 1 fully saturated rings. The molecule has 1 aliphatic heterocycles. The van der Waals surface area contributed by atoms with Gasteiger partial charge in [0.25, 0.3) is 5.56 Å². The number of nitrogens with zero attached hydrogens (tertiary/aromatic N) is 2. The van der Waals surface area contributed by atoms with Crippen molar-refractivity contribution in [2.75, 3.05) is 50.1 Å². The van der Waals surface area contributed by atoms with Gasteiger partial charge in [-0.15, -0.1) is 0 Å². The highest BCUT2D eigenvalue weighted by atomic mass is 16.5. The molecule has 2 aromatic rings. The molecule has 0 atom stereocenters. The normalized spacial score (nSPS) is 13.7. The Morgan fingerprint density at radius 2 is 1.81 bits per heavy atom. The van der Waals surface area contributed by atoms with E-state index in [1.165, 1.54) is 11.9 Å². The first-order valence-corrected chi connectivity index (χ1v) is 10.1. The number of aromatic amines is 2. The second-order valence-corrected chi connectivity index (χ2v) is 7.46. The topological polar surface area (TPSA) is 128 Å². The lowest BCUT2D eigenvalue weighted by Gasteiger charge is -2.28. The van der Waals surface area contributed by atoms with Crippen molar-refractivity contribution >= 4 is 23.2 Å². The molecule has 1 aromatic carbocycles. The van der Waals surface area contributed by atoms with Crippen LogP contribution in [0.5, 0.6) is 0 Å². The molecule has 31 heavy (non-hydrogen) atoms. The van der Waals surface area contributed by atoms with E-state index in [0.29, 0.717) is 30.2 Å². The van der Waals surface area contributed by atoms with Gasteiger partial charge in [0.15, 0.2) is 0 Å². The zero-order valence-corrected chi connectivity index (χ0v) is 17.7. The van der Waals surface area contributed by atoms with Crippen molar-refractivity contribution in [3.05, 3.63) is 56.4 Å². The maximum Gasteiger partial charge on any atom is 0.325 e. The van der Waals surface area contributed by atoms with Gasteiger partial charge in [-0.1, -0.05) is 0 Å². The predicted molar refractivity (Wildman–Crippen MR) is 116 cm³/mol. The Morgan fingerprint density at radius 1 is 1.13 bits per heavy atom. The third-order valence-corrected chi connectivity index (χ3v) is 5.18. The number of H-pyrrole nitrogens is 2. The van der Waals surface area contributed by atoms with E-state index < -0.39 is 11.2 Å². The molecule has 1 aliphatic rings. The van der Waals surface area contributed by atoms with Gasteiger partial charge in [0.05, 0.1) is 19.8 Å². The first kappa shape index (κ1) is 22.3. The highest BCUT2D eigenvalue weighted by Gasteiger charge is 2.16. The Bertz CT molecular complexity index is 1040. The molecule has 2 amide bonds. The number of hydrogen-bond acceptors (Lipinski definition) is 6. The minimum atomic E-state index is -0.579. The molecule has 1 aromatic heterocycles. The first-order valence-electron chi connectivity index (χ1n) is 10.1. The van der Waals surface area contributed by atoms with Crippen LogP contribution in [0.25, 0.3) is 0 Å².